The third-order valence-corrected chi connectivity index (χ3v) is 3.12. The number of hydrogen-bond donors (Lipinski definition) is 1. The second-order valence-electron chi connectivity index (χ2n) is 5.11. The van der Waals surface area contributed by atoms with E-state index in [1.165, 1.54) is 30.5 Å². The molecule has 2 nitrogen and oxygen atoms in total. The van der Waals surface area contributed by atoms with E-state index in [1.807, 2.05) is 0 Å². The van der Waals surface area contributed by atoms with Gasteiger partial charge in [0.05, 0.1) is 0 Å². The molecule has 0 aliphatic carbocycles. The Kier molecular flexibility index (Phi) is 6.23. The van der Waals surface area contributed by atoms with E-state index in [4.69, 9.17) is 5.73 Å². The largest absolute Gasteiger partial charge is 0.326 e. The lowest BCUT2D eigenvalue weighted by atomic mass is 10.1. The molecule has 96 valence electrons. The quantitative estimate of drug-likeness (QED) is 0.786. The van der Waals surface area contributed by atoms with Gasteiger partial charge >= 0.3 is 0 Å². The van der Waals surface area contributed by atoms with Crippen LogP contribution in [0.3, 0.4) is 0 Å². The predicted octanol–water partition coefficient (Wildman–Crippen LogP) is 3.01. The maximum atomic E-state index is 5.59. The summed E-state index contributed by atoms with van der Waals surface area (Å²) in [7, 11) is 2.20. The van der Waals surface area contributed by atoms with Crippen molar-refractivity contribution >= 4 is 0 Å². The molecule has 17 heavy (non-hydrogen) atoms. The molecule has 0 saturated heterocycles. The van der Waals surface area contributed by atoms with Crippen LogP contribution in [0.5, 0.6) is 0 Å². The average molecular weight is 234 g/mol. The van der Waals surface area contributed by atoms with E-state index in [1.54, 1.807) is 0 Å². The molecule has 0 bridgehead atoms. The molecule has 0 fully saturated rings. The maximum absolute atomic E-state index is 5.59. The molecule has 0 spiro atoms. The highest BCUT2D eigenvalue weighted by atomic mass is 15.1. The molecule has 0 aromatic heterocycles. The van der Waals surface area contributed by atoms with Gasteiger partial charge in [0.1, 0.15) is 0 Å². The Morgan fingerprint density at radius 2 is 1.76 bits per heavy atom. The van der Waals surface area contributed by atoms with Crippen molar-refractivity contribution in [1.82, 2.24) is 4.90 Å². The fraction of sp³-hybridized carbons (Fsp3) is 0.600. The highest BCUT2D eigenvalue weighted by Crippen LogP contribution is 2.10. The fourth-order valence-corrected chi connectivity index (χ4v) is 2.27. The highest BCUT2D eigenvalue weighted by molar-refractivity contribution is 5.22. The minimum Gasteiger partial charge on any atom is -0.326 e. The standard InChI is InChI=1S/C15H26N2/c1-4-5-13(2)11-17(3)12-15-8-6-14(10-16)7-9-15/h6-9,13H,4-5,10-12,16H2,1-3H3. The molecule has 1 unspecified atom stereocenters. The predicted molar refractivity (Wildman–Crippen MR) is 74.7 cm³/mol. The Morgan fingerprint density at radius 3 is 2.29 bits per heavy atom. The topological polar surface area (TPSA) is 29.3 Å². The first-order chi connectivity index (χ1) is 8.15. The molecule has 1 aromatic rings. The SMILES string of the molecule is CCCC(C)CN(C)Cc1ccc(CN)cc1. The summed E-state index contributed by atoms with van der Waals surface area (Å²) in [5.74, 6) is 0.785. The Labute approximate surface area is 106 Å². The van der Waals surface area contributed by atoms with Crippen molar-refractivity contribution in [1.29, 1.82) is 0 Å². The van der Waals surface area contributed by atoms with Crippen LogP contribution in [0.1, 0.15) is 37.8 Å². The molecule has 0 amide bonds. The molecule has 2 heteroatoms. The lowest BCUT2D eigenvalue weighted by Gasteiger charge is -2.21. The van der Waals surface area contributed by atoms with Crippen molar-refractivity contribution in [3.05, 3.63) is 35.4 Å². The van der Waals surface area contributed by atoms with Gasteiger partial charge in [0.2, 0.25) is 0 Å². The normalized spacial score (nSPS) is 13.0. The smallest absolute Gasteiger partial charge is 0.0230 e. The Balaban J connectivity index is 2.41. The van der Waals surface area contributed by atoms with Crippen molar-refractivity contribution in [3.8, 4) is 0 Å². The van der Waals surface area contributed by atoms with Gasteiger partial charge in [-0.3, -0.25) is 0 Å². The Hall–Kier alpha value is -0.860. The molecule has 0 heterocycles. The van der Waals surface area contributed by atoms with Crippen molar-refractivity contribution in [3.63, 3.8) is 0 Å². The van der Waals surface area contributed by atoms with Crippen molar-refractivity contribution in [2.45, 2.75) is 39.8 Å². The molecule has 0 aliphatic heterocycles. The Bertz CT molecular complexity index is 305. The molecule has 1 atom stereocenters. The van der Waals surface area contributed by atoms with Gasteiger partial charge in [-0.1, -0.05) is 44.5 Å². The lowest BCUT2D eigenvalue weighted by Crippen LogP contribution is -2.23. The van der Waals surface area contributed by atoms with Gasteiger partial charge in [0.25, 0.3) is 0 Å². The van der Waals surface area contributed by atoms with E-state index in [0.717, 1.165) is 12.5 Å². The van der Waals surface area contributed by atoms with Gasteiger partial charge < -0.3 is 10.6 Å². The first kappa shape index (κ1) is 14.2. The fourth-order valence-electron chi connectivity index (χ4n) is 2.27. The second kappa shape index (κ2) is 7.46. The van der Waals surface area contributed by atoms with Crippen LogP contribution in [0.2, 0.25) is 0 Å². The highest BCUT2D eigenvalue weighted by Gasteiger charge is 2.06. The Morgan fingerprint density at radius 1 is 1.18 bits per heavy atom. The summed E-state index contributed by atoms with van der Waals surface area (Å²) in [6, 6.07) is 8.61. The summed E-state index contributed by atoms with van der Waals surface area (Å²) in [5, 5.41) is 0. The summed E-state index contributed by atoms with van der Waals surface area (Å²) in [6.45, 7) is 7.41. The van der Waals surface area contributed by atoms with Crippen LogP contribution in [0, 0.1) is 5.92 Å². The van der Waals surface area contributed by atoms with E-state index in [2.05, 4.69) is 50.1 Å². The molecular weight excluding hydrogens is 208 g/mol. The summed E-state index contributed by atoms with van der Waals surface area (Å²) < 4.78 is 0. The van der Waals surface area contributed by atoms with E-state index < -0.39 is 0 Å². The first-order valence-corrected chi connectivity index (χ1v) is 6.62. The van der Waals surface area contributed by atoms with Gasteiger partial charge in [-0.25, -0.2) is 0 Å². The monoisotopic (exact) mass is 234 g/mol. The van der Waals surface area contributed by atoms with Crippen LogP contribution in [-0.2, 0) is 13.1 Å². The molecule has 0 aliphatic rings. The molecule has 1 rings (SSSR count). The molecule has 0 radical (unpaired) electrons. The zero-order valence-electron chi connectivity index (χ0n) is 11.4. The second-order valence-corrected chi connectivity index (χ2v) is 5.11. The third-order valence-electron chi connectivity index (χ3n) is 3.12. The van der Waals surface area contributed by atoms with Crippen molar-refractivity contribution in [2.75, 3.05) is 13.6 Å². The van der Waals surface area contributed by atoms with E-state index in [0.29, 0.717) is 6.54 Å². The van der Waals surface area contributed by atoms with Crippen molar-refractivity contribution < 1.29 is 0 Å². The van der Waals surface area contributed by atoms with E-state index in [-0.39, 0.29) is 0 Å². The minimum atomic E-state index is 0.629. The first-order valence-electron chi connectivity index (χ1n) is 6.62. The lowest BCUT2D eigenvalue weighted by molar-refractivity contribution is 0.270. The van der Waals surface area contributed by atoms with Crippen LogP contribution in [-0.4, -0.2) is 18.5 Å². The summed E-state index contributed by atoms with van der Waals surface area (Å²) in [6.07, 6.45) is 2.59. The van der Waals surface area contributed by atoms with Gasteiger partial charge in [-0.2, -0.15) is 0 Å². The number of benzene rings is 1. The number of hydrogen-bond acceptors (Lipinski definition) is 2. The zero-order valence-corrected chi connectivity index (χ0v) is 11.4. The summed E-state index contributed by atoms with van der Waals surface area (Å²) >= 11 is 0. The van der Waals surface area contributed by atoms with Gasteiger partial charge in [0, 0.05) is 19.6 Å². The molecular formula is C15H26N2. The van der Waals surface area contributed by atoms with Gasteiger partial charge in [-0.05, 0) is 30.5 Å². The number of nitrogens with zero attached hydrogens (tertiary/aromatic N) is 1. The van der Waals surface area contributed by atoms with Crippen LogP contribution in [0.25, 0.3) is 0 Å². The third kappa shape index (κ3) is 5.33. The molecule has 1 aromatic carbocycles. The summed E-state index contributed by atoms with van der Waals surface area (Å²) in [4.78, 5) is 2.40. The van der Waals surface area contributed by atoms with Gasteiger partial charge in [-0.15, -0.1) is 0 Å². The van der Waals surface area contributed by atoms with E-state index >= 15 is 0 Å². The van der Waals surface area contributed by atoms with Crippen LogP contribution in [0.4, 0.5) is 0 Å². The van der Waals surface area contributed by atoms with E-state index in [9.17, 15) is 0 Å². The van der Waals surface area contributed by atoms with Crippen LogP contribution < -0.4 is 5.73 Å². The zero-order chi connectivity index (χ0) is 12.7. The average Bonchev–Trinajstić information content (AvgIpc) is 2.30. The molecule has 0 saturated carbocycles. The molecule has 2 N–H and O–H groups in total. The summed E-state index contributed by atoms with van der Waals surface area (Å²) in [5.41, 5.74) is 8.16. The van der Waals surface area contributed by atoms with Crippen LogP contribution in [0.15, 0.2) is 24.3 Å². The number of rotatable bonds is 7. The van der Waals surface area contributed by atoms with Crippen molar-refractivity contribution in [2.24, 2.45) is 11.7 Å². The maximum Gasteiger partial charge on any atom is 0.0230 e. The van der Waals surface area contributed by atoms with Gasteiger partial charge in [0.15, 0.2) is 0 Å². The minimum absolute atomic E-state index is 0.629. The number of nitrogens with two attached hydrogens (primary N) is 1. The van der Waals surface area contributed by atoms with Crippen LogP contribution >= 0.6 is 0 Å².